The third kappa shape index (κ3) is 4.52. The molecule has 0 aliphatic carbocycles. The van der Waals surface area contributed by atoms with Gasteiger partial charge in [0.15, 0.2) is 17.5 Å². The number of nitrogens with zero attached hydrogens (tertiary/aromatic N) is 4. The first-order valence-corrected chi connectivity index (χ1v) is 14.4. The number of hydrogen-bond acceptors (Lipinski definition) is 4. The highest BCUT2D eigenvalue weighted by Gasteiger charge is 2.21. The van der Waals surface area contributed by atoms with E-state index in [4.69, 9.17) is 33.2 Å². The molecule has 5 heteroatoms. The first-order chi connectivity index (χ1) is 36.4. The number of aromatic nitrogens is 4. The Hall–Kier alpha value is -6.85. The highest BCUT2D eigenvalue weighted by atomic mass is 16.3. The highest BCUT2D eigenvalue weighted by Crippen LogP contribution is 2.40. The van der Waals surface area contributed by atoms with Crippen molar-refractivity contribution in [2.75, 3.05) is 0 Å². The Morgan fingerprint density at radius 1 is 0.440 bits per heavy atom. The second-order valence-corrected chi connectivity index (χ2v) is 10.3. The summed E-state index contributed by atoms with van der Waals surface area (Å²) in [6.07, 6.45) is 0. The quantitative estimate of drug-likeness (QED) is 0.183. The first-order valence-electron chi connectivity index (χ1n) is 28.4. The Bertz CT molecular complexity index is 4320. The second-order valence-electron chi connectivity index (χ2n) is 10.3. The van der Waals surface area contributed by atoms with Crippen molar-refractivity contribution in [3.05, 3.63) is 169 Å². The Balaban J connectivity index is 1.45. The zero-order valence-corrected chi connectivity index (χ0v) is 24.7. The van der Waals surface area contributed by atoms with E-state index in [1.54, 1.807) is 0 Å². The van der Waals surface area contributed by atoms with Crippen LogP contribution in [0.25, 0.3) is 94.7 Å². The molecule has 234 valence electrons. The number of rotatable bonds is 5. The summed E-state index contributed by atoms with van der Waals surface area (Å²) in [6, 6.07) is -25.5. The molecule has 0 radical (unpaired) electrons. The molecule has 0 saturated heterocycles. The standard InChI is InChI=1S/C45H28N4O/c1-4-14-29(15-5-1)33-21-12-23-37-35-27-26-32(28-40(35)50-42(33)37)49-39-25-11-10-20-34(39)36-22-13-24-38(41(36)49)45-47-43(30-16-6-2-7-17-30)46-44(48-45)31-18-8-3-9-19-31/h1-28H/i1D,2D,3D,4D,5D,6D,7D,8D,9D,10D,11D,12D,13D,14D,15D,16D,17D,18D,19D,20D,21D,22D,23D,24D,25D,26D,27D,28D. The van der Waals surface area contributed by atoms with Gasteiger partial charge >= 0.3 is 0 Å². The zero-order chi connectivity index (χ0) is 57.4. The maximum absolute atomic E-state index is 9.84. The van der Waals surface area contributed by atoms with Crippen LogP contribution in [0.5, 0.6) is 0 Å². The predicted molar refractivity (Wildman–Crippen MR) is 203 cm³/mol. The van der Waals surface area contributed by atoms with E-state index in [-0.39, 0.29) is 0 Å². The van der Waals surface area contributed by atoms with Gasteiger partial charge in [0.25, 0.3) is 0 Å². The number of hydrogen-bond donors (Lipinski definition) is 0. The van der Waals surface area contributed by atoms with Gasteiger partial charge in [-0.3, -0.25) is 0 Å². The molecule has 10 rings (SSSR count). The first kappa shape index (κ1) is 11.9. The van der Waals surface area contributed by atoms with E-state index in [0.29, 0.717) is 0 Å². The Kier molecular flexibility index (Phi) is 2.72. The summed E-state index contributed by atoms with van der Waals surface area (Å²) >= 11 is 0. The minimum atomic E-state index is -1.03. The number of benzene rings is 7. The smallest absolute Gasteiger partial charge is 0.166 e. The van der Waals surface area contributed by atoms with Crippen LogP contribution in [-0.4, -0.2) is 19.5 Å². The van der Waals surface area contributed by atoms with Gasteiger partial charge in [-0.1, -0.05) is 139 Å². The summed E-state index contributed by atoms with van der Waals surface area (Å²) < 4.78 is 254. The molecular weight excluding hydrogens is 613 g/mol. The van der Waals surface area contributed by atoms with Crippen LogP contribution in [0.15, 0.2) is 174 Å². The molecule has 0 aliphatic rings. The molecule has 0 saturated carbocycles. The van der Waals surface area contributed by atoms with Gasteiger partial charge in [0.1, 0.15) is 11.2 Å². The predicted octanol–water partition coefficient (Wildman–Crippen LogP) is 11.5. The molecule has 0 N–H and O–H groups in total. The molecule has 5 nitrogen and oxygen atoms in total. The van der Waals surface area contributed by atoms with Gasteiger partial charge < -0.3 is 8.98 Å². The minimum Gasteiger partial charge on any atom is -0.455 e. The summed E-state index contributed by atoms with van der Waals surface area (Å²) in [4.78, 5) is 13.0. The molecule has 7 aromatic carbocycles. The molecule has 3 heterocycles. The lowest BCUT2D eigenvalue weighted by molar-refractivity contribution is 0.669. The third-order valence-electron chi connectivity index (χ3n) is 7.54. The van der Waals surface area contributed by atoms with Crippen molar-refractivity contribution in [3.8, 4) is 51.0 Å². The SMILES string of the molecule is [2H]c1c([2H])c([2H])c(-c2nc(-c3c([2H])c([2H])c([2H])c([2H])c3[2H])nc(-c3c([2H])c([2H])c([2H])c4c5c([2H])c([2H])c([2H])c([2H])c5n(-c5c([2H])c([2H])c6c(oc7c(-c8c([2H])c([2H])c([2H])c([2H])c8[2H])c([2H])c([2H])c([2H])c76)c5[2H])c34)n2)c([2H])c1[2H]. The van der Waals surface area contributed by atoms with Gasteiger partial charge in [0, 0.05) is 55.5 Å². The molecular formula is C45H28N4O. The minimum absolute atomic E-state index is 0.525. The van der Waals surface area contributed by atoms with Crippen LogP contribution in [-0.2, 0) is 0 Å². The van der Waals surface area contributed by atoms with E-state index >= 15 is 0 Å². The van der Waals surface area contributed by atoms with Crippen molar-refractivity contribution in [2.45, 2.75) is 0 Å². The largest absolute Gasteiger partial charge is 0.455 e. The fourth-order valence-corrected chi connectivity index (χ4v) is 5.46. The fraction of sp³-hybridized carbons (Fsp3) is 0. The average Bonchev–Trinajstić information content (AvgIpc) is 4.14. The molecule has 50 heavy (non-hydrogen) atoms. The van der Waals surface area contributed by atoms with Crippen molar-refractivity contribution < 1.29 is 42.8 Å². The molecule has 0 fully saturated rings. The monoisotopic (exact) mass is 668 g/mol. The van der Waals surface area contributed by atoms with Gasteiger partial charge in [-0.15, -0.1) is 0 Å². The van der Waals surface area contributed by atoms with Crippen LogP contribution in [0, 0.1) is 0 Å². The Morgan fingerprint density at radius 2 is 1.00 bits per heavy atom. The normalized spacial score (nSPS) is 19.4. The van der Waals surface area contributed by atoms with E-state index < -0.39 is 264 Å². The molecule has 0 bridgehead atoms. The van der Waals surface area contributed by atoms with Crippen LogP contribution in [0.2, 0.25) is 0 Å². The average molecular weight is 669 g/mol. The molecule has 0 atom stereocenters. The molecule has 0 amide bonds. The molecule has 0 spiro atoms. The zero-order valence-electron chi connectivity index (χ0n) is 52.7. The summed E-state index contributed by atoms with van der Waals surface area (Å²) in [5.41, 5.74) is -7.25. The van der Waals surface area contributed by atoms with Crippen molar-refractivity contribution in [1.29, 1.82) is 0 Å². The van der Waals surface area contributed by atoms with Crippen LogP contribution >= 0.6 is 0 Å². The van der Waals surface area contributed by atoms with Crippen molar-refractivity contribution in [3.63, 3.8) is 0 Å². The number of para-hydroxylation sites is 3. The van der Waals surface area contributed by atoms with E-state index in [1.165, 1.54) is 0 Å². The molecule has 0 aliphatic heterocycles. The summed E-state index contributed by atoms with van der Waals surface area (Å²) in [7, 11) is 0. The lowest BCUT2D eigenvalue weighted by Gasteiger charge is -2.12. The maximum Gasteiger partial charge on any atom is 0.166 e. The van der Waals surface area contributed by atoms with Crippen LogP contribution in [0.1, 0.15) is 38.4 Å². The molecule has 3 aromatic heterocycles. The van der Waals surface area contributed by atoms with E-state index in [0.717, 1.165) is 4.57 Å². The Labute approximate surface area is 327 Å². The van der Waals surface area contributed by atoms with Gasteiger partial charge in [0.05, 0.1) is 49.4 Å². The second kappa shape index (κ2) is 11.4. The maximum atomic E-state index is 9.84. The topological polar surface area (TPSA) is 56.7 Å². The van der Waals surface area contributed by atoms with Gasteiger partial charge in [-0.05, 0) is 29.7 Å². The number of furan rings is 1. The van der Waals surface area contributed by atoms with Crippen molar-refractivity contribution in [2.24, 2.45) is 0 Å². The lowest BCUT2D eigenvalue weighted by Crippen LogP contribution is -2.02. The lowest BCUT2D eigenvalue weighted by atomic mass is 10.0. The van der Waals surface area contributed by atoms with E-state index in [1.807, 2.05) is 0 Å². The van der Waals surface area contributed by atoms with Crippen molar-refractivity contribution in [1.82, 2.24) is 19.5 Å². The van der Waals surface area contributed by atoms with E-state index in [2.05, 4.69) is 15.0 Å². The van der Waals surface area contributed by atoms with Gasteiger partial charge in [-0.2, -0.15) is 0 Å². The van der Waals surface area contributed by atoms with E-state index in [9.17, 15) is 9.60 Å². The van der Waals surface area contributed by atoms with Gasteiger partial charge in [0.2, 0.25) is 0 Å². The molecule has 10 aromatic rings. The van der Waals surface area contributed by atoms with Crippen LogP contribution in [0.4, 0.5) is 0 Å². The van der Waals surface area contributed by atoms with Crippen LogP contribution < -0.4 is 0 Å². The summed E-state index contributed by atoms with van der Waals surface area (Å²) in [5.74, 6) is -2.62. The van der Waals surface area contributed by atoms with Crippen molar-refractivity contribution >= 4 is 43.7 Å². The summed E-state index contributed by atoms with van der Waals surface area (Å²) in [5, 5.41) is -2.29. The van der Waals surface area contributed by atoms with Crippen LogP contribution in [0.3, 0.4) is 0 Å². The molecule has 0 unspecified atom stereocenters. The summed E-state index contributed by atoms with van der Waals surface area (Å²) in [6.45, 7) is 0. The number of fused-ring (bicyclic) bond motifs is 6. The Morgan fingerprint density at radius 3 is 1.70 bits per heavy atom. The van der Waals surface area contributed by atoms with Gasteiger partial charge in [-0.25, -0.2) is 15.0 Å². The fourth-order valence-electron chi connectivity index (χ4n) is 5.46. The third-order valence-corrected chi connectivity index (χ3v) is 7.54. The highest BCUT2D eigenvalue weighted by molar-refractivity contribution is 6.14.